The molecule has 4 heteroatoms. The van der Waals surface area contributed by atoms with Crippen LogP contribution in [0.1, 0.15) is 18.5 Å². The van der Waals surface area contributed by atoms with Gasteiger partial charge in [-0.3, -0.25) is 4.98 Å². The molecule has 13 heavy (non-hydrogen) atoms. The third-order valence-electron chi connectivity index (χ3n) is 1.80. The van der Waals surface area contributed by atoms with Crippen molar-refractivity contribution in [1.29, 1.82) is 0 Å². The van der Waals surface area contributed by atoms with Crippen molar-refractivity contribution in [3.8, 4) is 5.75 Å². The van der Waals surface area contributed by atoms with Gasteiger partial charge in [0.15, 0.2) is 0 Å². The first-order valence-electron chi connectivity index (χ1n) is 4.28. The van der Waals surface area contributed by atoms with Crippen LogP contribution in [0, 0.1) is 0 Å². The summed E-state index contributed by atoms with van der Waals surface area (Å²) in [6.45, 7) is 0. The molecular formula is C9H11N3O. The molecule has 1 heterocycles. The smallest absolute Gasteiger partial charge is 0.133 e. The summed E-state index contributed by atoms with van der Waals surface area (Å²) in [5.74, 6) is 0.173. The molecule has 2 N–H and O–H groups in total. The third kappa shape index (κ3) is 2.43. The largest absolute Gasteiger partial charge is 0.506 e. The quantitative estimate of drug-likeness (QED) is 0.532. The monoisotopic (exact) mass is 177 g/mol. The minimum atomic E-state index is 0.173. The number of hydrogen-bond donors (Lipinski definition) is 2. The Kier molecular flexibility index (Phi) is 2.12. The molecule has 0 unspecified atom stereocenters. The van der Waals surface area contributed by atoms with E-state index >= 15 is 0 Å². The molecule has 1 aromatic heterocycles. The number of nitrogens with one attached hydrogen (secondary N) is 1. The van der Waals surface area contributed by atoms with Gasteiger partial charge in [-0.25, -0.2) is 0 Å². The lowest BCUT2D eigenvalue weighted by atomic mass is 10.4. The number of hydrogen-bond acceptors (Lipinski definition) is 4. The molecule has 4 nitrogen and oxygen atoms in total. The Bertz CT molecular complexity index is 303. The normalized spacial score (nSPS) is 16.3. The van der Waals surface area contributed by atoms with Crippen molar-refractivity contribution in [2.75, 3.05) is 0 Å². The highest BCUT2D eigenvalue weighted by molar-refractivity contribution is 5.76. The zero-order chi connectivity index (χ0) is 9.10. The van der Waals surface area contributed by atoms with E-state index in [1.165, 1.54) is 19.0 Å². The second kappa shape index (κ2) is 3.43. The Hall–Kier alpha value is -1.58. The Morgan fingerprint density at radius 1 is 1.54 bits per heavy atom. The number of rotatable bonds is 3. The van der Waals surface area contributed by atoms with E-state index in [0.29, 0.717) is 6.04 Å². The molecular weight excluding hydrogens is 166 g/mol. The summed E-state index contributed by atoms with van der Waals surface area (Å²) in [5, 5.41) is 13.0. The molecule has 0 radical (unpaired) electrons. The summed E-state index contributed by atoms with van der Waals surface area (Å²) in [5.41, 5.74) is 3.73. The van der Waals surface area contributed by atoms with Gasteiger partial charge in [-0.05, 0) is 25.0 Å². The lowest BCUT2D eigenvalue weighted by Crippen LogP contribution is -2.07. The van der Waals surface area contributed by atoms with Gasteiger partial charge in [-0.15, -0.1) is 0 Å². The van der Waals surface area contributed by atoms with Crippen LogP contribution in [-0.2, 0) is 0 Å². The maximum Gasteiger partial charge on any atom is 0.133 e. The number of pyridine rings is 1. The number of nitrogens with zero attached hydrogens (tertiary/aromatic N) is 2. The average Bonchev–Trinajstić information content (AvgIpc) is 2.92. The van der Waals surface area contributed by atoms with E-state index in [2.05, 4.69) is 15.5 Å². The first-order chi connectivity index (χ1) is 6.34. The third-order valence-corrected chi connectivity index (χ3v) is 1.80. The van der Waals surface area contributed by atoms with Gasteiger partial charge in [0.25, 0.3) is 0 Å². The van der Waals surface area contributed by atoms with Gasteiger partial charge in [0.2, 0.25) is 0 Å². The molecule has 1 aliphatic carbocycles. The molecule has 0 saturated heterocycles. The molecule has 0 atom stereocenters. The predicted octanol–water partition coefficient (Wildman–Crippen LogP) is 0.873. The maximum atomic E-state index is 8.96. The zero-order valence-electron chi connectivity index (χ0n) is 7.14. The van der Waals surface area contributed by atoms with Crippen molar-refractivity contribution in [3.63, 3.8) is 0 Å². The Morgan fingerprint density at radius 2 is 2.38 bits per heavy atom. The van der Waals surface area contributed by atoms with Crippen molar-refractivity contribution < 1.29 is 5.11 Å². The molecule has 1 aromatic rings. The van der Waals surface area contributed by atoms with Gasteiger partial charge in [0.1, 0.15) is 5.75 Å². The summed E-state index contributed by atoms with van der Waals surface area (Å²) in [7, 11) is 0. The van der Waals surface area contributed by atoms with Crippen LogP contribution in [0.4, 0.5) is 0 Å². The Labute approximate surface area is 76.3 Å². The van der Waals surface area contributed by atoms with E-state index < -0.39 is 0 Å². The Balaban J connectivity index is 1.92. The van der Waals surface area contributed by atoms with Crippen molar-refractivity contribution in [2.45, 2.75) is 18.9 Å². The SMILES string of the molecule is Oc1ccc(/C=N/NC2CC2)nc1. The summed E-state index contributed by atoms with van der Waals surface area (Å²) in [4.78, 5) is 3.96. The number of hydrazone groups is 1. The predicted molar refractivity (Wildman–Crippen MR) is 49.7 cm³/mol. The van der Waals surface area contributed by atoms with E-state index in [1.807, 2.05) is 0 Å². The molecule has 0 amide bonds. The van der Waals surface area contributed by atoms with E-state index in [0.717, 1.165) is 5.69 Å². The molecule has 1 fully saturated rings. The fraction of sp³-hybridized carbons (Fsp3) is 0.333. The van der Waals surface area contributed by atoms with Crippen LogP contribution in [0.25, 0.3) is 0 Å². The number of aromatic hydroxyl groups is 1. The van der Waals surface area contributed by atoms with Crippen molar-refractivity contribution in [2.24, 2.45) is 5.10 Å². The molecule has 0 spiro atoms. The van der Waals surface area contributed by atoms with E-state index in [4.69, 9.17) is 5.11 Å². The maximum absolute atomic E-state index is 8.96. The molecule has 0 bridgehead atoms. The fourth-order valence-corrected chi connectivity index (χ4v) is 0.895. The van der Waals surface area contributed by atoms with Gasteiger partial charge < -0.3 is 10.5 Å². The van der Waals surface area contributed by atoms with E-state index in [1.54, 1.807) is 18.3 Å². The highest BCUT2D eigenvalue weighted by atomic mass is 16.3. The Morgan fingerprint density at radius 3 is 3.00 bits per heavy atom. The van der Waals surface area contributed by atoms with Gasteiger partial charge in [-0.1, -0.05) is 0 Å². The summed E-state index contributed by atoms with van der Waals surface area (Å²) in [6, 6.07) is 3.87. The first-order valence-corrected chi connectivity index (χ1v) is 4.28. The fourth-order valence-electron chi connectivity index (χ4n) is 0.895. The van der Waals surface area contributed by atoms with Gasteiger partial charge in [-0.2, -0.15) is 5.10 Å². The minimum Gasteiger partial charge on any atom is -0.506 e. The second-order valence-corrected chi connectivity index (χ2v) is 3.10. The molecule has 1 saturated carbocycles. The van der Waals surface area contributed by atoms with Crippen LogP contribution in [0.3, 0.4) is 0 Å². The lowest BCUT2D eigenvalue weighted by Gasteiger charge is -1.94. The standard InChI is InChI=1S/C9H11N3O/c13-9-4-3-8(10-6-9)5-11-12-7-1-2-7/h3-7,12-13H,1-2H2/b11-5+. The summed E-state index contributed by atoms with van der Waals surface area (Å²) < 4.78 is 0. The summed E-state index contributed by atoms with van der Waals surface area (Å²) in [6.07, 6.45) is 5.47. The van der Waals surface area contributed by atoms with Crippen LogP contribution in [0.15, 0.2) is 23.4 Å². The van der Waals surface area contributed by atoms with Crippen LogP contribution in [0.2, 0.25) is 0 Å². The average molecular weight is 177 g/mol. The highest BCUT2D eigenvalue weighted by Gasteiger charge is 2.19. The van der Waals surface area contributed by atoms with Crippen molar-refractivity contribution in [1.82, 2.24) is 10.4 Å². The molecule has 2 rings (SSSR count). The molecule has 68 valence electrons. The second-order valence-electron chi connectivity index (χ2n) is 3.10. The molecule has 1 aliphatic rings. The van der Waals surface area contributed by atoms with Crippen LogP contribution in [0.5, 0.6) is 5.75 Å². The van der Waals surface area contributed by atoms with Crippen molar-refractivity contribution >= 4 is 6.21 Å². The number of aromatic nitrogens is 1. The molecule has 0 aromatic carbocycles. The highest BCUT2D eigenvalue weighted by Crippen LogP contribution is 2.18. The zero-order valence-corrected chi connectivity index (χ0v) is 7.14. The van der Waals surface area contributed by atoms with E-state index in [-0.39, 0.29) is 5.75 Å². The van der Waals surface area contributed by atoms with Gasteiger partial charge in [0.05, 0.1) is 18.1 Å². The van der Waals surface area contributed by atoms with Crippen LogP contribution >= 0.6 is 0 Å². The summed E-state index contributed by atoms with van der Waals surface area (Å²) >= 11 is 0. The van der Waals surface area contributed by atoms with Crippen molar-refractivity contribution in [3.05, 3.63) is 24.0 Å². The van der Waals surface area contributed by atoms with Crippen LogP contribution < -0.4 is 5.43 Å². The first kappa shape index (κ1) is 8.04. The minimum absolute atomic E-state index is 0.173. The van der Waals surface area contributed by atoms with Gasteiger partial charge >= 0.3 is 0 Å². The lowest BCUT2D eigenvalue weighted by molar-refractivity contribution is 0.472. The molecule has 0 aliphatic heterocycles. The van der Waals surface area contributed by atoms with Gasteiger partial charge in [0, 0.05) is 6.04 Å². The van der Waals surface area contributed by atoms with E-state index in [9.17, 15) is 0 Å². The van der Waals surface area contributed by atoms with Crippen LogP contribution in [-0.4, -0.2) is 22.3 Å². The topological polar surface area (TPSA) is 57.5 Å².